The van der Waals surface area contributed by atoms with Crippen molar-refractivity contribution in [3.63, 3.8) is 0 Å². The van der Waals surface area contributed by atoms with Gasteiger partial charge in [0.15, 0.2) is 0 Å². The lowest BCUT2D eigenvalue weighted by Crippen LogP contribution is -2.27. The number of nitrogens with zero attached hydrogens (tertiary/aromatic N) is 1. The maximum Gasteiger partial charge on any atom is 0.341 e. The molecule has 0 aromatic carbocycles. The van der Waals surface area contributed by atoms with E-state index in [0.29, 0.717) is 16.5 Å². The number of amides is 1. The van der Waals surface area contributed by atoms with Crippen LogP contribution in [0.2, 0.25) is 0 Å². The molecule has 0 saturated carbocycles. The van der Waals surface area contributed by atoms with Gasteiger partial charge < -0.3 is 14.6 Å². The largest absolute Gasteiger partial charge is 0.462 e. The molecule has 0 spiro atoms. The van der Waals surface area contributed by atoms with Crippen LogP contribution in [0.1, 0.15) is 46.6 Å². The van der Waals surface area contributed by atoms with Crippen LogP contribution in [0.25, 0.3) is 0 Å². The van der Waals surface area contributed by atoms with Crippen LogP contribution in [0.4, 0.5) is 5.00 Å². The Labute approximate surface area is 162 Å². The Morgan fingerprint density at radius 1 is 1.37 bits per heavy atom. The topological polar surface area (TPSA) is 77.4 Å². The van der Waals surface area contributed by atoms with E-state index in [2.05, 4.69) is 12.2 Å². The first-order chi connectivity index (χ1) is 12.9. The van der Waals surface area contributed by atoms with Crippen molar-refractivity contribution in [2.45, 2.75) is 46.6 Å². The molecule has 0 fully saturated rings. The van der Waals surface area contributed by atoms with Gasteiger partial charge in [0.05, 0.1) is 12.2 Å². The van der Waals surface area contributed by atoms with Crippen molar-refractivity contribution in [3.05, 3.63) is 50.3 Å². The average molecular weight is 388 g/mol. The number of pyridine rings is 1. The average Bonchev–Trinajstić information content (AvgIpc) is 2.95. The first-order valence-corrected chi connectivity index (χ1v) is 9.99. The number of hydrogen-bond donors (Lipinski definition) is 1. The molecule has 1 unspecified atom stereocenters. The Bertz CT molecular complexity index is 929. The minimum atomic E-state index is -0.396. The summed E-state index contributed by atoms with van der Waals surface area (Å²) in [6.45, 7) is 6.01. The van der Waals surface area contributed by atoms with E-state index < -0.39 is 5.97 Å². The number of carbonyl (C=O) groups excluding carboxylic acids is 2. The van der Waals surface area contributed by atoms with Crippen LogP contribution in [-0.2, 0) is 28.9 Å². The molecule has 1 aliphatic carbocycles. The molecule has 0 aliphatic heterocycles. The first kappa shape index (κ1) is 19.4. The van der Waals surface area contributed by atoms with Crippen molar-refractivity contribution >= 4 is 28.2 Å². The summed E-state index contributed by atoms with van der Waals surface area (Å²) in [4.78, 5) is 38.1. The lowest BCUT2D eigenvalue weighted by atomic mass is 9.88. The molecule has 1 amide bonds. The fourth-order valence-corrected chi connectivity index (χ4v) is 4.77. The van der Waals surface area contributed by atoms with Crippen molar-refractivity contribution in [2.24, 2.45) is 5.92 Å². The number of thiophene rings is 1. The summed E-state index contributed by atoms with van der Waals surface area (Å²) in [6.07, 6.45) is 4.38. The summed E-state index contributed by atoms with van der Waals surface area (Å²) in [5, 5.41) is 3.36. The number of carbonyl (C=O) groups is 2. The summed E-state index contributed by atoms with van der Waals surface area (Å²) in [5.41, 5.74) is 2.14. The molecule has 2 heterocycles. The van der Waals surface area contributed by atoms with E-state index in [1.165, 1.54) is 22.0 Å². The molecule has 3 rings (SSSR count). The second kappa shape index (κ2) is 8.08. The molecule has 6 nitrogen and oxygen atoms in total. The number of anilines is 1. The van der Waals surface area contributed by atoms with Crippen LogP contribution in [0.15, 0.2) is 23.1 Å². The van der Waals surface area contributed by atoms with E-state index in [0.717, 1.165) is 35.3 Å². The van der Waals surface area contributed by atoms with E-state index in [1.807, 2.05) is 6.92 Å². The summed E-state index contributed by atoms with van der Waals surface area (Å²) >= 11 is 1.45. The Morgan fingerprint density at radius 3 is 2.89 bits per heavy atom. The molecule has 0 bridgehead atoms. The third kappa shape index (κ3) is 4.30. The Hall–Kier alpha value is -2.41. The highest BCUT2D eigenvalue weighted by Gasteiger charge is 2.29. The standard InChI is InChI=1S/C20H24N2O4S/c1-4-26-20(25)18-14-7-5-12(2)9-15(14)27-19(18)21-16(23)11-22-10-13(3)6-8-17(22)24/h6,8,10,12H,4-5,7,9,11H2,1-3H3,(H,21,23). The van der Waals surface area contributed by atoms with E-state index in [1.54, 1.807) is 19.2 Å². The molecular weight excluding hydrogens is 364 g/mol. The van der Waals surface area contributed by atoms with Gasteiger partial charge in [-0.2, -0.15) is 0 Å². The SMILES string of the molecule is CCOC(=O)c1c(NC(=O)Cn2cc(C)ccc2=O)sc2c1CCC(C)C2. The number of nitrogens with one attached hydrogen (secondary N) is 1. The van der Waals surface area contributed by atoms with Crippen LogP contribution >= 0.6 is 11.3 Å². The molecule has 2 aromatic heterocycles. The van der Waals surface area contributed by atoms with Gasteiger partial charge in [-0.25, -0.2) is 4.79 Å². The number of hydrogen-bond acceptors (Lipinski definition) is 5. The summed E-state index contributed by atoms with van der Waals surface area (Å²) in [5.74, 6) is -0.173. The minimum absolute atomic E-state index is 0.0955. The lowest BCUT2D eigenvalue weighted by Gasteiger charge is -2.18. The normalized spacial score (nSPS) is 15.9. The Kier molecular flexibility index (Phi) is 5.79. The maximum atomic E-state index is 12.5. The molecular formula is C20H24N2O4S. The quantitative estimate of drug-likeness (QED) is 0.798. The molecule has 1 N–H and O–H groups in total. The summed E-state index contributed by atoms with van der Waals surface area (Å²) in [6, 6.07) is 3.15. The number of rotatable bonds is 5. The molecule has 27 heavy (non-hydrogen) atoms. The van der Waals surface area contributed by atoms with Crippen molar-refractivity contribution < 1.29 is 14.3 Å². The monoisotopic (exact) mass is 388 g/mol. The van der Waals surface area contributed by atoms with Crippen LogP contribution < -0.4 is 10.9 Å². The van der Waals surface area contributed by atoms with Gasteiger partial charge in [0.1, 0.15) is 11.5 Å². The molecule has 1 aliphatic rings. The van der Waals surface area contributed by atoms with E-state index in [9.17, 15) is 14.4 Å². The second-order valence-corrected chi connectivity index (χ2v) is 8.10. The molecule has 144 valence electrons. The van der Waals surface area contributed by atoms with Crippen LogP contribution in [0.5, 0.6) is 0 Å². The van der Waals surface area contributed by atoms with Gasteiger partial charge in [-0.3, -0.25) is 9.59 Å². The van der Waals surface area contributed by atoms with Crippen molar-refractivity contribution in [3.8, 4) is 0 Å². The number of fused-ring (bicyclic) bond motifs is 1. The predicted molar refractivity (Wildman–Crippen MR) is 106 cm³/mol. The van der Waals surface area contributed by atoms with Gasteiger partial charge in [0.25, 0.3) is 5.56 Å². The van der Waals surface area contributed by atoms with Crippen LogP contribution in [0, 0.1) is 12.8 Å². The molecule has 1 atom stereocenters. The molecule has 7 heteroatoms. The summed E-state index contributed by atoms with van der Waals surface area (Å²) < 4.78 is 6.58. The minimum Gasteiger partial charge on any atom is -0.462 e. The number of aryl methyl sites for hydroxylation is 1. The van der Waals surface area contributed by atoms with Gasteiger partial charge in [0, 0.05) is 17.1 Å². The van der Waals surface area contributed by atoms with Gasteiger partial charge in [-0.15, -0.1) is 11.3 Å². The third-order valence-corrected chi connectivity index (χ3v) is 5.86. The van der Waals surface area contributed by atoms with E-state index in [-0.39, 0.29) is 24.6 Å². The maximum absolute atomic E-state index is 12.5. The highest BCUT2D eigenvalue weighted by molar-refractivity contribution is 7.17. The zero-order valence-corrected chi connectivity index (χ0v) is 16.6. The van der Waals surface area contributed by atoms with Gasteiger partial charge in [-0.1, -0.05) is 13.0 Å². The first-order valence-electron chi connectivity index (χ1n) is 9.17. The Balaban J connectivity index is 1.87. The van der Waals surface area contributed by atoms with Crippen molar-refractivity contribution in [2.75, 3.05) is 11.9 Å². The fourth-order valence-electron chi connectivity index (χ4n) is 3.35. The fraction of sp³-hybridized carbons (Fsp3) is 0.450. The molecule has 0 radical (unpaired) electrons. The van der Waals surface area contributed by atoms with Gasteiger partial charge >= 0.3 is 5.97 Å². The zero-order chi connectivity index (χ0) is 19.6. The van der Waals surface area contributed by atoms with E-state index in [4.69, 9.17) is 4.74 Å². The number of ether oxygens (including phenoxy) is 1. The van der Waals surface area contributed by atoms with Crippen LogP contribution in [-0.4, -0.2) is 23.1 Å². The lowest BCUT2D eigenvalue weighted by molar-refractivity contribution is -0.116. The smallest absolute Gasteiger partial charge is 0.341 e. The highest BCUT2D eigenvalue weighted by Crippen LogP contribution is 2.40. The predicted octanol–water partition coefficient (Wildman–Crippen LogP) is 3.16. The zero-order valence-electron chi connectivity index (χ0n) is 15.8. The van der Waals surface area contributed by atoms with Gasteiger partial charge in [0.2, 0.25) is 5.91 Å². The van der Waals surface area contributed by atoms with Gasteiger partial charge in [-0.05, 0) is 50.2 Å². The number of aromatic nitrogens is 1. The van der Waals surface area contributed by atoms with Crippen molar-refractivity contribution in [1.82, 2.24) is 4.57 Å². The Morgan fingerprint density at radius 2 is 2.15 bits per heavy atom. The number of esters is 1. The summed E-state index contributed by atoms with van der Waals surface area (Å²) in [7, 11) is 0. The molecule has 2 aromatic rings. The third-order valence-electron chi connectivity index (χ3n) is 4.69. The van der Waals surface area contributed by atoms with Crippen LogP contribution in [0.3, 0.4) is 0 Å². The molecule has 0 saturated heterocycles. The van der Waals surface area contributed by atoms with Crippen molar-refractivity contribution in [1.29, 1.82) is 0 Å². The van der Waals surface area contributed by atoms with E-state index >= 15 is 0 Å². The highest BCUT2D eigenvalue weighted by atomic mass is 32.1. The second-order valence-electron chi connectivity index (χ2n) is 7.00.